The maximum absolute atomic E-state index is 12.4. The van der Waals surface area contributed by atoms with E-state index in [1.54, 1.807) is 44.2 Å². The van der Waals surface area contributed by atoms with Crippen molar-refractivity contribution in [2.75, 3.05) is 6.61 Å². The van der Waals surface area contributed by atoms with E-state index in [0.717, 1.165) is 0 Å². The molecule has 0 saturated heterocycles. The SMILES string of the molecule is CC(=O)c1c(C)[nH]c(C(=O)COC(=O)c2ccc(C(=O)C(=O)c3ccccc3)cc2)c1C. The van der Waals surface area contributed by atoms with Crippen LogP contribution in [-0.2, 0) is 4.74 Å². The zero-order chi connectivity index (χ0) is 23.4. The Morgan fingerprint density at radius 2 is 1.31 bits per heavy atom. The largest absolute Gasteiger partial charge is 0.454 e. The van der Waals surface area contributed by atoms with E-state index < -0.39 is 29.9 Å². The lowest BCUT2D eigenvalue weighted by Gasteiger charge is -2.06. The van der Waals surface area contributed by atoms with Gasteiger partial charge in [0, 0.05) is 22.4 Å². The zero-order valence-corrected chi connectivity index (χ0v) is 17.9. The standard InChI is InChI=1S/C25H21NO6/c1-14-21(16(3)27)15(2)26-22(14)20(28)13-32-25(31)19-11-9-18(10-12-19)24(30)23(29)17-7-5-4-6-8-17/h4-12,26H,13H2,1-3H3. The molecule has 7 heteroatoms. The topological polar surface area (TPSA) is 110 Å². The van der Waals surface area contributed by atoms with Crippen LogP contribution in [0.15, 0.2) is 54.6 Å². The van der Waals surface area contributed by atoms with Gasteiger partial charge < -0.3 is 9.72 Å². The fourth-order valence-corrected chi connectivity index (χ4v) is 3.45. The van der Waals surface area contributed by atoms with E-state index in [1.165, 1.54) is 31.2 Å². The monoisotopic (exact) mass is 431 g/mol. The van der Waals surface area contributed by atoms with E-state index in [1.807, 2.05) is 0 Å². The van der Waals surface area contributed by atoms with E-state index in [4.69, 9.17) is 4.74 Å². The first-order valence-corrected chi connectivity index (χ1v) is 9.85. The highest BCUT2D eigenvalue weighted by Gasteiger charge is 2.22. The van der Waals surface area contributed by atoms with Crippen molar-refractivity contribution in [3.63, 3.8) is 0 Å². The van der Waals surface area contributed by atoms with Crippen LogP contribution in [0.2, 0.25) is 0 Å². The molecule has 0 saturated carbocycles. The van der Waals surface area contributed by atoms with Crippen molar-refractivity contribution in [2.24, 2.45) is 0 Å². The number of esters is 1. The molecule has 32 heavy (non-hydrogen) atoms. The molecule has 0 atom stereocenters. The van der Waals surface area contributed by atoms with Gasteiger partial charge in [0.2, 0.25) is 17.3 Å². The first kappa shape index (κ1) is 22.6. The minimum Gasteiger partial charge on any atom is -0.454 e. The lowest BCUT2D eigenvalue weighted by molar-refractivity contribution is 0.0473. The van der Waals surface area contributed by atoms with Crippen molar-refractivity contribution in [2.45, 2.75) is 20.8 Å². The van der Waals surface area contributed by atoms with Gasteiger partial charge in [0.1, 0.15) is 0 Å². The van der Waals surface area contributed by atoms with Crippen LogP contribution in [0.25, 0.3) is 0 Å². The molecule has 162 valence electrons. The van der Waals surface area contributed by atoms with E-state index >= 15 is 0 Å². The predicted octanol–water partition coefficient (Wildman–Crippen LogP) is 3.94. The smallest absolute Gasteiger partial charge is 0.338 e. The molecule has 0 unspecified atom stereocenters. The Kier molecular flexibility index (Phi) is 6.59. The highest BCUT2D eigenvalue weighted by atomic mass is 16.5. The van der Waals surface area contributed by atoms with Crippen molar-refractivity contribution in [1.29, 1.82) is 0 Å². The van der Waals surface area contributed by atoms with Gasteiger partial charge in [-0.25, -0.2) is 4.79 Å². The van der Waals surface area contributed by atoms with Gasteiger partial charge in [-0.3, -0.25) is 19.2 Å². The molecule has 0 spiro atoms. The quantitative estimate of drug-likeness (QED) is 0.329. The third-order valence-corrected chi connectivity index (χ3v) is 5.03. The van der Waals surface area contributed by atoms with E-state index in [2.05, 4.69) is 4.98 Å². The Morgan fingerprint density at radius 1 is 0.781 bits per heavy atom. The van der Waals surface area contributed by atoms with Gasteiger partial charge in [0.15, 0.2) is 12.4 Å². The molecule has 0 radical (unpaired) electrons. The molecule has 0 aliphatic carbocycles. The Bertz CT molecular complexity index is 1220. The summed E-state index contributed by atoms with van der Waals surface area (Å²) in [6.07, 6.45) is 0. The molecule has 1 N–H and O–H groups in total. The van der Waals surface area contributed by atoms with Crippen LogP contribution in [0.3, 0.4) is 0 Å². The zero-order valence-electron chi connectivity index (χ0n) is 17.9. The number of H-pyrrole nitrogens is 1. The molecule has 7 nitrogen and oxygen atoms in total. The van der Waals surface area contributed by atoms with Crippen molar-refractivity contribution >= 4 is 29.1 Å². The number of carbonyl (C=O) groups excluding carboxylic acids is 5. The summed E-state index contributed by atoms with van der Waals surface area (Å²) in [5, 5.41) is 0. The van der Waals surface area contributed by atoms with Gasteiger partial charge >= 0.3 is 5.97 Å². The Morgan fingerprint density at radius 3 is 1.84 bits per heavy atom. The van der Waals surface area contributed by atoms with E-state index in [0.29, 0.717) is 16.8 Å². The summed E-state index contributed by atoms with van der Waals surface area (Å²) >= 11 is 0. The number of hydrogen-bond donors (Lipinski definition) is 1. The number of aromatic nitrogens is 1. The molecule has 0 aliphatic heterocycles. The van der Waals surface area contributed by atoms with Gasteiger partial charge in [0.25, 0.3) is 0 Å². The summed E-state index contributed by atoms with van der Waals surface area (Å²) in [5.41, 5.74) is 2.32. The van der Waals surface area contributed by atoms with Crippen molar-refractivity contribution in [3.05, 3.63) is 93.8 Å². The van der Waals surface area contributed by atoms with Crippen LogP contribution < -0.4 is 0 Å². The summed E-state index contributed by atoms with van der Waals surface area (Å²) in [7, 11) is 0. The molecule has 0 amide bonds. The van der Waals surface area contributed by atoms with Crippen LogP contribution in [0.4, 0.5) is 0 Å². The number of ether oxygens (including phenoxy) is 1. The number of aromatic amines is 1. The van der Waals surface area contributed by atoms with Gasteiger partial charge in [-0.15, -0.1) is 0 Å². The Balaban J connectivity index is 1.65. The third-order valence-electron chi connectivity index (χ3n) is 5.03. The Labute approximate surface area is 184 Å². The third kappa shape index (κ3) is 4.62. The van der Waals surface area contributed by atoms with Crippen LogP contribution in [0, 0.1) is 13.8 Å². The fourth-order valence-electron chi connectivity index (χ4n) is 3.45. The number of benzene rings is 2. The summed E-state index contributed by atoms with van der Waals surface area (Å²) in [4.78, 5) is 64.0. The van der Waals surface area contributed by atoms with Crippen LogP contribution in [-0.4, -0.2) is 40.7 Å². The van der Waals surface area contributed by atoms with E-state index in [-0.39, 0.29) is 28.2 Å². The molecule has 1 aromatic heterocycles. The number of nitrogens with one attached hydrogen (secondary N) is 1. The lowest BCUT2D eigenvalue weighted by atomic mass is 10.0. The maximum atomic E-state index is 12.4. The summed E-state index contributed by atoms with van der Waals surface area (Å²) in [5.74, 6) is -2.71. The van der Waals surface area contributed by atoms with Crippen molar-refractivity contribution in [1.82, 2.24) is 4.98 Å². The molecular formula is C25H21NO6. The molecule has 0 bridgehead atoms. The number of aryl methyl sites for hydroxylation is 1. The number of ketones is 4. The minimum atomic E-state index is -0.751. The fraction of sp³-hybridized carbons (Fsp3) is 0.160. The van der Waals surface area contributed by atoms with Crippen LogP contribution in [0.5, 0.6) is 0 Å². The summed E-state index contributed by atoms with van der Waals surface area (Å²) in [6, 6.07) is 13.6. The number of hydrogen-bond acceptors (Lipinski definition) is 6. The molecule has 0 fully saturated rings. The normalized spacial score (nSPS) is 10.5. The summed E-state index contributed by atoms with van der Waals surface area (Å²) in [6.45, 7) is 4.25. The van der Waals surface area contributed by atoms with Gasteiger partial charge in [-0.05, 0) is 38.5 Å². The first-order chi connectivity index (χ1) is 15.2. The molecular weight excluding hydrogens is 410 g/mol. The second-order valence-corrected chi connectivity index (χ2v) is 7.28. The second-order valence-electron chi connectivity index (χ2n) is 7.28. The average Bonchev–Trinajstić information content (AvgIpc) is 3.10. The lowest BCUT2D eigenvalue weighted by Crippen LogP contribution is -2.16. The second kappa shape index (κ2) is 9.34. The maximum Gasteiger partial charge on any atom is 0.338 e. The van der Waals surface area contributed by atoms with Gasteiger partial charge in [0.05, 0.1) is 11.3 Å². The van der Waals surface area contributed by atoms with Crippen LogP contribution >= 0.6 is 0 Å². The molecule has 0 aliphatic rings. The van der Waals surface area contributed by atoms with Crippen LogP contribution in [0.1, 0.15) is 70.1 Å². The van der Waals surface area contributed by atoms with E-state index in [9.17, 15) is 24.0 Å². The highest BCUT2D eigenvalue weighted by Crippen LogP contribution is 2.19. The van der Waals surface area contributed by atoms with Crippen molar-refractivity contribution in [3.8, 4) is 0 Å². The predicted molar refractivity (Wildman–Crippen MR) is 116 cm³/mol. The Hall–Kier alpha value is -4.13. The van der Waals surface area contributed by atoms with Gasteiger partial charge in [-0.1, -0.05) is 42.5 Å². The highest BCUT2D eigenvalue weighted by molar-refractivity contribution is 6.49. The van der Waals surface area contributed by atoms with Gasteiger partial charge in [-0.2, -0.15) is 0 Å². The number of rotatable bonds is 8. The molecule has 2 aromatic carbocycles. The molecule has 3 aromatic rings. The number of carbonyl (C=O) groups is 5. The molecule has 3 rings (SSSR count). The minimum absolute atomic E-state index is 0.130. The number of Topliss-reactive ketones (excluding diaryl/α,β-unsaturated/α-hetero) is 4. The summed E-state index contributed by atoms with van der Waals surface area (Å²) < 4.78 is 5.08. The molecule has 1 heterocycles. The first-order valence-electron chi connectivity index (χ1n) is 9.85. The van der Waals surface area contributed by atoms with Crippen molar-refractivity contribution < 1.29 is 28.7 Å². The average molecular weight is 431 g/mol.